The zero-order chi connectivity index (χ0) is 14.9. The van der Waals surface area contributed by atoms with Gasteiger partial charge in [-0.25, -0.2) is 9.50 Å². The van der Waals surface area contributed by atoms with E-state index in [1.165, 1.54) is 0 Å². The molecule has 0 fully saturated rings. The first-order valence-electron chi connectivity index (χ1n) is 7.29. The van der Waals surface area contributed by atoms with Crippen molar-refractivity contribution in [3.05, 3.63) is 55.0 Å². The van der Waals surface area contributed by atoms with E-state index in [4.69, 9.17) is 0 Å². The van der Waals surface area contributed by atoms with Crippen LogP contribution in [0.1, 0.15) is 6.92 Å². The van der Waals surface area contributed by atoms with Crippen molar-refractivity contribution in [3.63, 3.8) is 0 Å². The van der Waals surface area contributed by atoms with Gasteiger partial charge in [0.25, 0.3) is 0 Å². The molecule has 0 aliphatic heterocycles. The second kappa shape index (κ2) is 5.11. The SMILES string of the molecule is CCNc1ccn2ncc(-c3cccc4cccnc34)c2n1. The number of pyridine rings is 1. The van der Waals surface area contributed by atoms with Crippen LogP contribution in [-0.2, 0) is 0 Å². The predicted molar refractivity (Wildman–Crippen MR) is 87.9 cm³/mol. The van der Waals surface area contributed by atoms with Crippen LogP contribution in [0.2, 0.25) is 0 Å². The van der Waals surface area contributed by atoms with Crippen molar-refractivity contribution in [2.75, 3.05) is 11.9 Å². The van der Waals surface area contributed by atoms with Crippen LogP contribution in [0.4, 0.5) is 5.82 Å². The summed E-state index contributed by atoms with van der Waals surface area (Å²) < 4.78 is 1.79. The van der Waals surface area contributed by atoms with Crippen LogP contribution in [0.25, 0.3) is 27.7 Å². The highest BCUT2D eigenvalue weighted by Crippen LogP contribution is 2.29. The molecule has 4 rings (SSSR count). The molecule has 0 aliphatic rings. The van der Waals surface area contributed by atoms with Crippen molar-refractivity contribution in [1.29, 1.82) is 0 Å². The third-order valence-corrected chi connectivity index (χ3v) is 3.65. The van der Waals surface area contributed by atoms with E-state index in [1.807, 2.05) is 36.8 Å². The van der Waals surface area contributed by atoms with Crippen molar-refractivity contribution in [2.24, 2.45) is 0 Å². The molecule has 1 N–H and O–H groups in total. The summed E-state index contributed by atoms with van der Waals surface area (Å²) in [6.07, 6.45) is 5.58. The van der Waals surface area contributed by atoms with Gasteiger partial charge in [-0.15, -0.1) is 0 Å². The molecule has 0 amide bonds. The van der Waals surface area contributed by atoms with Crippen molar-refractivity contribution < 1.29 is 0 Å². The lowest BCUT2D eigenvalue weighted by Gasteiger charge is -2.05. The van der Waals surface area contributed by atoms with Gasteiger partial charge in [0.15, 0.2) is 5.65 Å². The Balaban J connectivity index is 1.98. The maximum Gasteiger partial charge on any atom is 0.165 e. The third kappa shape index (κ3) is 1.98. The molecule has 3 aromatic heterocycles. The average Bonchev–Trinajstić information content (AvgIpc) is 2.98. The summed E-state index contributed by atoms with van der Waals surface area (Å²) in [5.74, 6) is 0.852. The highest BCUT2D eigenvalue weighted by molar-refractivity contribution is 5.96. The van der Waals surface area contributed by atoms with E-state index in [0.29, 0.717) is 0 Å². The first-order chi connectivity index (χ1) is 10.9. The fourth-order valence-electron chi connectivity index (χ4n) is 2.66. The molecule has 22 heavy (non-hydrogen) atoms. The summed E-state index contributed by atoms with van der Waals surface area (Å²) in [6.45, 7) is 2.89. The van der Waals surface area contributed by atoms with Gasteiger partial charge in [0.2, 0.25) is 0 Å². The number of hydrogen-bond donors (Lipinski definition) is 1. The summed E-state index contributed by atoms with van der Waals surface area (Å²) in [6, 6.07) is 12.1. The topological polar surface area (TPSA) is 55.1 Å². The van der Waals surface area contributed by atoms with Gasteiger partial charge in [-0.1, -0.05) is 24.3 Å². The molecule has 4 aromatic rings. The van der Waals surface area contributed by atoms with Gasteiger partial charge < -0.3 is 5.32 Å². The maximum absolute atomic E-state index is 4.67. The van der Waals surface area contributed by atoms with Crippen LogP contribution < -0.4 is 5.32 Å². The van der Waals surface area contributed by atoms with Crippen LogP contribution in [0.15, 0.2) is 55.0 Å². The predicted octanol–water partition coefficient (Wildman–Crippen LogP) is 3.38. The minimum atomic E-state index is 0.830. The number of nitrogens with zero attached hydrogens (tertiary/aromatic N) is 4. The van der Waals surface area contributed by atoms with E-state index in [-0.39, 0.29) is 0 Å². The smallest absolute Gasteiger partial charge is 0.165 e. The van der Waals surface area contributed by atoms with Gasteiger partial charge in [0, 0.05) is 35.5 Å². The fourth-order valence-corrected chi connectivity index (χ4v) is 2.66. The van der Waals surface area contributed by atoms with Crippen LogP contribution in [-0.4, -0.2) is 26.1 Å². The summed E-state index contributed by atoms with van der Waals surface area (Å²) >= 11 is 0. The van der Waals surface area contributed by atoms with E-state index in [0.717, 1.165) is 40.0 Å². The molecule has 0 atom stereocenters. The first-order valence-corrected chi connectivity index (χ1v) is 7.29. The van der Waals surface area contributed by atoms with E-state index in [2.05, 4.69) is 45.5 Å². The molecule has 0 unspecified atom stereocenters. The minimum Gasteiger partial charge on any atom is -0.370 e. The maximum atomic E-state index is 4.67. The molecule has 0 saturated heterocycles. The monoisotopic (exact) mass is 289 g/mol. The van der Waals surface area contributed by atoms with Gasteiger partial charge >= 0.3 is 0 Å². The van der Waals surface area contributed by atoms with Crippen molar-refractivity contribution in [1.82, 2.24) is 19.6 Å². The largest absolute Gasteiger partial charge is 0.370 e. The Bertz CT molecular complexity index is 952. The van der Waals surface area contributed by atoms with Crippen molar-refractivity contribution in [3.8, 4) is 11.1 Å². The molecule has 3 heterocycles. The van der Waals surface area contributed by atoms with Gasteiger partial charge in [-0.2, -0.15) is 5.10 Å². The van der Waals surface area contributed by atoms with Gasteiger partial charge in [0.05, 0.1) is 11.7 Å². The Morgan fingerprint density at radius 3 is 2.91 bits per heavy atom. The zero-order valence-electron chi connectivity index (χ0n) is 12.2. The van der Waals surface area contributed by atoms with E-state index in [1.54, 1.807) is 4.52 Å². The lowest BCUT2D eigenvalue weighted by Crippen LogP contribution is -2.01. The van der Waals surface area contributed by atoms with Crippen molar-refractivity contribution in [2.45, 2.75) is 6.92 Å². The highest BCUT2D eigenvalue weighted by Gasteiger charge is 2.12. The number of para-hydroxylation sites is 1. The molecule has 0 aliphatic carbocycles. The number of anilines is 1. The minimum absolute atomic E-state index is 0.830. The standard InChI is InChI=1S/C17H15N5/c1-2-18-15-8-10-22-17(21-15)14(11-20-22)13-7-3-5-12-6-4-9-19-16(12)13/h3-11H,2H2,1H3,(H,18,21). The second-order valence-corrected chi connectivity index (χ2v) is 5.05. The second-order valence-electron chi connectivity index (χ2n) is 5.05. The zero-order valence-corrected chi connectivity index (χ0v) is 12.2. The Morgan fingerprint density at radius 1 is 1.09 bits per heavy atom. The Morgan fingerprint density at radius 2 is 2.00 bits per heavy atom. The number of aromatic nitrogens is 4. The molecule has 0 spiro atoms. The average molecular weight is 289 g/mol. The molecule has 108 valence electrons. The number of nitrogens with one attached hydrogen (secondary N) is 1. The van der Waals surface area contributed by atoms with Gasteiger partial charge in [-0.3, -0.25) is 4.98 Å². The summed E-state index contributed by atoms with van der Waals surface area (Å²) in [4.78, 5) is 9.19. The molecule has 0 saturated carbocycles. The Hall–Kier alpha value is -2.95. The molecule has 0 bridgehead atoms. The van der Waals surface area contributed by atoms with Crippen LogP contribution in [0.3, 0.4) is 0 Å². The quantitative estimate of drug-likeness (QED) is 0.628. The number of rotatable bonds is 3. The number of benzene rings is 1. The normalized spacial score (nSPS) is 11.1. The molecular formula is C17H15N5. The van der Waals surface area contributed by atoms with Crippen LogP contribution >= 0.6 is 0 Å². The molecular weight excluding hydrogens is 274 g/mol. The Kier molecular flexibility index (Phi) is 2.96. The Labute approximate surface area is 127 Å². The fraction of sp³-hybridized carbons (Fsp3) is 0.118. The van der Waals surface area contributed by atoms with Gasteiger partial charge in [-0.05, 0) is 19.1 Å². The van der Waals surface area contributed by atoms with Crippen LogP contribution in [0, 0.1) is 0 Å². The lowest BCUT2D eigenvalue weighted by atomic mass is 10.0. The molecule has 5 heteroatoms. The van der Waals surface area contributed by atoms with E-state index >= 15 is 0 Å². The third-order valence-electron chi connectivity index (χ3n) is 3.65. The van der Waals surface area contributed by atoms with E-state index in [9.17, 15) is 0 Å². The number of fused-ring (bicyclic) bond motifs is 2. The van der Waals surface area contributed by atoms with Crippen molar-refractivity contribution >= 4 is 22.4 Å². The molecule has 0 radical (unpaired) electrons. The highest BCUT2D eigenvalue weighted by atomic mass is 15.2. The summed E-state index contributed by atoms with van der Waals surface area (Å²) in [5.41, 5.74) is 3.84. The number of hydrogen-bond acceptors (Lipinski definition) is 4. The van der Waals surface area contributed by atoms with Gasteiger partial charge in [0.1, 0.15) is 5.82 Å². The lowest BCUT2D eigenvalue weighted by molar-refractivity contribution is 0.938. The van der Waals surface area contributed by atoms with E-state index < -0.39 is 0 Å². The summed E-state index contributed by atoms with van der Waals surface area (Å²) in [5, 5.41) is 8.75. The summed E-state index contributed by atoms with van der Waals surface area (Å²) in [7, 11) is 0. The first kappa shape index (κ1) is 12.8. The molecule has 5 nitrogen and oxygen atoms in total. The molecule has 1 aromatic carbocycles. The van der Waals surface area contributed by atoms with Crippen LogP contribution in [0.5, 0.6) is 0 Å².